The Balaban J connectivity index is 2.57. The van der Waals surface area contributed by atoms with E-state index in [4.69, 9.17) is 21.4 Å². The van der Waals surface area contributed by atoms with Crippen molar-refractivity contribution in [1.82, 2.24) is 5.32 Å². The zero-order valence-electron chi connectivity index (χ0n) is 12.2. The summed E-state index contributed by atoms with van der Waals surface area (Å²) in [6, 6.07) is 5.42. The number of aliphatic hydroxyl groups excluding tert-OH is 1. The monoisotopic (exact) mass is 299 g/mol. The van der Waals surface area contributed by atoms with Gasteiger partial charge < -0.3 is 15.2 Å². The molecule has 0 bridgehead atoms. The Morgan fingerprint density at radius 3 is 2.80 bits per heavy atom. The predicted octanol–water partition coefficient (Wildman–Crippen LogP) is 2.69. The van der Waals surface area contributed by atoms with E-state index in [1.165, 1.54) is 0 Å². The molecular formula is C15H22ClNO3. The van der Waals surface area contributed by atoms with Crippen LogP contribution in [0.15, 0.2) is 18.2 Å². The van der Waals surface area contributed by atoms with Crippen molar-refractivity contribution in [2.45, 2.75) is 39.2 Å². The number of aryl methyl sites for hydroxylation is 1. The zero-order valence-corrected chi connectivity index (χ0v) is 13.0. The molecule has 0 heterocycles. The maximum Gasteiger partial charge on any atom is 0.258 e. The van der Waals surface area contributed by atoms with Crippen LogP contribution in [-0.2, 0) is 4.79 Å². The molecule has 0 aliphatic rings. The molecule has 1 rings (SSSR count). The van der Waals surface area contributed by atoms with Gasteiger partial charge in [-0.05, 0) is 44.4 Å². The van der Waals surface area contributed by atoms with Gasteiger partial charge in [-0.25, -0.2) is 0 Å². The molecule has 0 saturated heterocycles. The molecule has 0 aliphatic carbocycles. The summed E-state index contributed by atoms with van der Waals surface area (Å²) in [5.74, 6) is 0.280. The highest BCUT2D eigenvalue weighted by atomic mass is 35.5. The molecule has 1 unspecified atom stereocenters. The Morgan fingerprint density at radius 1 is 1.50 bits per heavy atom. The van der Waals surface area contributed by atoms with Crippen LogP contribution in [0.1, 0.15) is 32.3 Å². The molecule has 20 heavy (non-hydrogen) atoms. The number of aliphatic hydroxyl groups is 1. The minimum absolute atomic E-state index is 0.0369. The van der Waals surface area contributed by atoms with Gasteiger partial charge in [0.15, 0.2) is 6.61 Å². The molecule has 0 fully saturated rings. The highest BCUT2D eigenvalue weighted by Crippen LogP contribution is 2.25. The van der Waals surface area contributed by atoms with Crippen LogP contribution in [0.5, 0.6) is 5.75 Å². The number of rotatable bonds is 7. The van der Waals surface area contributed by atoms with E-state index in [0.29, 0.717) is 17.2 Å². The fourth-order valence-corrected chi connectivity index (χ4v) is 1.98. The van der Waals surface area contributed by atoms with E-state index in [1.807, 2.05) is 26.8 Å². The first kappa shape index (κ1) is 16.8. The maximum atomic E-state index is 11.9. The summed E-state index contributed by atoms with van der Waals surface area (Å²) in [4.78, 5) is 11.9. The van der Waals surface area contributed by atoms with E-state index >= 15 is 0 Å². The Hall–Kier alpha value is -1.26. The largest absolute Gasteiger partial charge is 0.482 e. The lowest BCUT2D eigenvalue weighted by Crippen LogP contribution is -2.47. The molecule has 0 radical (unpaired) electrons. The molecular weight excluding hydrogens is 278 g/mol. The normalized spacial score (nSPS) is 13.7. The third-order valence-corrected chi connectivity index (χ3v) is 3.64. The van der Waals surface area contributed by atoms with Crippen LogP contribution in [0.3, 0.4) is 0 Å². The van der Waals surface area contributed by atoms with Crippen molar-refractivity contribution >= 4 is 17.5 Å². The predicted molar refractivity (Wildman–Crippen MR) is 80.2 cm³/mol. The Labute approximate surface area is 125 Å². The molecule has 1 atom stereocenters. The molecule has 1 aromatic rings. The van der Waals surface area contributed by atoms with Crippen LogP contribution in [0.2, 0.25) is 5.02 Å². The number of hydrogen-bond donors (Lipinski definition) is 2. The minimum atomic E-state index is -0.411. The third kappa shape index (κ3) is 5.02. The lowest BCUT2D eigenvalue weighted by Gasteiger charge is -2.28. The molecule has 0 aliphatic heterocycles. The topological polar surface area (TPSA) is 58.6 Å². The van der Waals surface area contributed by atoms with Gasteiger partial charge in [0, 0.05) is 12.1 Å². The van der Waals surface area contributed by atoms with Gasteiger partial charge >= 0.3 is 0 Å². The molecule has 0 saturated carbocycles. The summed E-state index contributed by atoms with van der Waals surface area (Å²) in [6.45, 7) is 5.74. The van der Waals surface area contributed by atoms with Gasteiger partial charge in [-0.3, -0.25) is 4.79 Å². The molecule has 0 spiro atoms. The van der Waals surface area contributed by atoms with Gasteiger partial charge in [0.2, 0.25) is 0 Å². The molecule has 4 nitrogen and oxygen atoms in total. The third-order valence-electron chi connectivity index (χ3n) is 3.33. The molecule has 2 N–H and O–H groups in total. The van der Waals surface area contributed by atoms with Gasteiger partial charge in [0.1, 0.15) is 5.75 Å². The fraction of sp³-hybridized carbons (Fsp3) is 0.533. The number of carbonyl (C=O) groups excluding carboxylic acids is 1. The first-order valence-electron chi connectivity index (χ1n) is 6.71. The Bertz CT molecular complexity index is 464. The quantitative estimate of drug-likeness (QED) is 0.814. The smallest absolute Gasteiger partial charge is 0.258 e. The number of amides is 1. The standard InChI is InChI=1S/C15H22ClNO3/c1-4-15(3,7-8-18)17-14(19)10-20-13-9-11(2)5-6-12(13)16/h5-6,9,18H,4,7-8,10H2,1-3H3,(H,17,19). The van der Waals surface area contributed by atoms with Gasteiger partial charge in [0.05, 0.1) is 5.02 Å². The summed E-state index contributed by atoms with van der Waals surface area (Å²) < 4.78 is 5.44. The molecule has 112 valence electrons. The van der Waals surface area contributed by atoms with E-state index in [1.54, 1.807) is 12.1 Å². The summed E-state index contributed by atoms with van der Waals surface area (Å²) >= 11 is 6.00. The number of halogens is 1. The van der Waals surface area contributed by atoms with Crippen LogP contribution in [0, 0.1) is 6.92 Å². The summed E-state index contributed by atoms with van der Waals surface area (Å²) in [5, 5.41) is 12.4. The Kier molecular flexibility index (Phi) is 6.30. The minimum Gasteiger partial charge on any atom is -0.482 e. The lowest BCUT2D eigenvalue weighted by molar-refractivity contribution is -0.125. The van der Waals surface area contributed by atoms with Crippen molar-refractivity contribution in [1.29, 1.82) is 0 Å². The molecule has 5 heteroatoms. The van der Waals surface area contributed by atoms with Gasteiger partial charge in [0.25, 0.3) is 5.91 Å². The Morgan fingerprint density at radius 2 is 2.20 bits per heavy atom. The number of nitrogens with one attached hydrogen (secondary N) is 1. The van der Waals surface area contributed by atoms with Crippen LogP contribution in [0.25, 0.3) is 0 Å². The highest BCUT2D eigenvalue weighted by Gasteiger charge is 2.23. The lowest BCUT2D eigenvalue weighted by atomic mass is 9.95. The number of benzene rings is 1. The van der Waals surface area contributed by atoms with Crippen LogP contribution in [-0.4, -0.2) is 29.8 Å². The highest BCUT2D eigenvalue weighted by molar-refractivity contribution is 6.32. The average molecular weight is 300 g/mol. The molecule has 0 aromatic heterocycles. The van der Waals surface area contributed by atoms with Gasteiger partial charge in [-0.2, -0.15) is 0 Å². The second-order valence-corrected chi connectivity index (χ2v) is 5.57. The van der Waals surface area contributed by atoms with Gasteiger partial charge in [-0.1, -0.05) is 24.6 Å². The fourth-order valence-electron chi connectivity index (χ4n) is 1.81. The summed E-state index contributed by atoms with van der Waals surface area (Å²) in [7, 11) is 0. The van der Waals surface area contributed by atoms with Gasteiger partial charge in [-0.15, -0.1) is 0 Å². The average Bonchev–Trinajstić information content (AvgIpc) is 2.40. The van der Waals surface area contributed by atoms with Crippen LogP contribution >= 0.6 is 11.6 Å². The van der Waals surface area contributed by atoms with Crippen molar-refractivity contribution < 1.29 is 14.6 Å². The van der Waals surface area contributed by atoms with Crippen molar-refractivity contribution in [3.8, 4) is 5.75 Å². The van der Waals surface area contributed by atoms with E-state index < -0.39 is 5.54 Å². The second kappa shape index (κ2) is 7.50. The molecule has 1 amide bonds. The zero-order chi connectivity index (χ0) is 15.2. The second-order valence-electron chi connectivity index (χ2n) is 5.16. The van der Waals surface area contributed by atoms with Crippen molar-refractivity contribution in [3.05, 3.63) is 28.8 Å². The maximum absolute atomic E-state index is 11.9. The van der Waals surface area contributed by atoms with Crippen LogP contribution in [0.4, 0.5) is 0 Å². The molecule has 1 aromatic carbocycles. The van der Waals surface area contributed by atoms with Crippen molar-refractivity contribution in [3.63, 3.8) is 0 Å². The first-order chi connectivity index (χ1) is 9.40. The van der Waals surface area contributed by atoms with Crippen molar-refractivity contribution in [2.24, 2.45) is 0 Å². The number of hydrogen-bond acceptors (Lipinski definition) is 3. The van der Waals surface area contributed by atoms with E-state index in [-0.39, 0.29) is 19.1 Å². The van der Waals surface area contributed by atoms with E-state index in [9.17, 15) is 4.79 Å². The van der Waals surface area contributed by atoms with E-state index in [2.05, 4.69) is 5.32 Å². The number of ether oxygens (including phenoxy) is 1. The SMILES string of the molecule is CCC(C)(CCO)NC(=O)COc1cc(C)ccc1Cl. The number of carbonyl (C=O) groups is 1. The van der Waals surface area contributed by atoms with Crippen molar-refractivity contribution in [2.75, 3.05) is 13.2 Å². The summed E-state index contributed by atoms with van der Waals surface area (Å²) in [5.41, 5.74) is 0.606. The first-order valence-corrected chi connectivity index (χ1v) is 7.09. The van der Waals surface area contributed by atoms with E-state index in [0.717, 1.165) is 12.0 Å². The van der Waals surface area contributed by atoms with Crippen LogP contribution < -0.4 is 10.1 Å². The summed E-state index contributed by atoms with van der Waals surface area (Å²) in [6.07, 6.45) is 1.25.